The molecular weight excluding hydrogens is 360 g/mol. The van der Waals surface area contributed by atoms with Gasteiger partial charge in [0.05, 0.1) is 11.4 Å². The molecule has 1 aromatic heterocycles. The summed E-state index contributed by atoms with van der Waals surface area (Å²) in [5.41, 5.74) is 1.59. The van der Waals surface area contributed by atoms with Crippen LogP contribution in [0.3, 0.4) is 0 Å². The van der Waals surface area contributed by atoms with E-state index in [1.165, 1.54) is 60.7 Å². The third-order valence-electron chi connectivity index (χ3n) is 3.40. The molecule has 0 saturated carbocycles. The van der Waals surface area contributed by atoms with E-state index in [-0.39, 0.29) is 5.91 Å². The fourth-order valence-electron chi connectivity index (χ4n) is 2.26. The molecule has 5 nitrogen and oxygen atoms in total. The molecule has 0 aliphatic carbocycles. The maximum absolute atomic E-state index is 13.5. The largest absolute Gasteiger partial charge is 0.326 e. The molecule has 0 saturated heterocycles. The van der Waals surface area contributed by atoms with Crippen LogP contribution in [0.25, 0.3) is 11.3 Å². The first-order valence-electron chi connectivity index (χ1n) is 7.52. The van der Waals surface area contributed by atoms with Gasteiger partial charge in [0.15, 0.2) is 5.13 Å². The van der Waals surface area contributed by atoms with Crippen LogP contribution in [0.1, 0.15) is 17.3 Å². The van der Waals surface area contributed by atoms with E-state index in [4.69, 9.17) is 0 Å². The molecule has 0 aliphatic heterocycles. The lowest BCUT2D eigenvalue weighted by molar-refractivity contribution is -0.114. The number of rotatable bonds is 4. The van der Waals surface area contributed by atoms with E-state index in [9.17, 15) is 18.4 Å². The minimum Gasteiger partial charge on any atom is -0.326 e. The minimum absolute atomic E-state index is 0.291. The fourth-order valence-corrected chi connectivity index (χ4v) is 2.96. The van der Waals surface area contributed by atoms with Gasteiger partial charge in [-0.25, -0.2) is 13.8 Å². The highest BCUT2D eigenvalue weighted by molar-refractivity contribution is 7.14. The van der Waals surface area contributed by atoms with Crippen LogP contribution < -0.4 is 10.6 Å². The van der Waals surface area contributed by atoms with Gasteiger partial charge >= 0.3 is 0 Å². The first-order chi connectivity index (χ1) is 12.4. The summed E-state index contributed by atoms with van der Waals surface area (Å²) in [6.07, 6.45) is 0. The summed E-state index contributed by atoms with van der Waals surface area (Å²) < 4.78 is 26.4. The van der Waals surface area contributed by atoms with Crippen LogP contribution in [0.15, 0.2) is 47.8 Å². The third kappa shape index (κ3) is 4.09. The van der Waals surface area contributed by atoms with Gasteiger partial charge in [-0.05, 0) is 42.5 Å². The Morgan fingerprint density at radius 3 is 2.38 bits per heavy atom. The van der Waals surface area contributed by atoms with E-state index >= 15 is 0 Å². The summed E-state index contributed by atoms with van der Waals surface area (Å²) in [6.45, 7) is 1.32. The van der Waals surface area contributed by atoms with E-state index in [0.29, 0.717) is 27.6 Å². The van der Waals surface area contributed by atoms with Crippen molar-refractivity contribution in [3.8, 4) is 11.3 Å². The van der Waals surface area contributed by atoms with E-state index in [1.54, 1.807) is 5.38 Å². The zero-order valence-electron chi connectivity index (χ0n) is 13.5. The number of thiazole rings is 1. The molecule has 0 bridgehead atoms. The molecule has 0 spiro atoms. The summed E-state index contributed by atoms with van der Waals surface area (Å²) in [5, 5.41) is 7.19. The van der Waals surface area contributed by atoms with Crippen LogP contribution in [0.5, 0.6) is 0 Å². The van der Waals surface area contributed by atoms with Crippen molar-refractivity contribution in [2.45, 2.75) is 6.92 Å². The van der Waals surface area contributed by atoms with Crippen LogP contribution in [0, 0.1) is 11.6 Å². The summed E-state index contributed by atoms with van der Waals surface area (Å²) >= 11 is 1.18. The van der Waals surface area contributed by atoms with Gasteiger partial charge < -0.3 is 5.32 Å². The second-order valence-corrected chi connectivity index (χ2v) is 6.23. The average molecular weight is 373 g/mol. The molecule has 0 atom stereocenters. The van der Waals surface area contributed by atoms with Crippen molar-refractivity contribution in [1.29, 1.82) is 0 Å². The highest BCUT2D eigenvalue weighted by Gasteiger charge is 2.13. The maximum Gasteiger partial charge on any atom is 0.257 e. The number of carbonyl (C=O) groups is 2. The van der Waals surface area contributed by atoms with Crippen LogP contribution in [-0.2, 0) is 4.79 Å². The van der Waals surface area contributed by atoms with E-state index in [1.807, 2.05) is 0 Å². The molecular formula is C18H13F2N3O2S. The zero-order chi connectivity index (χ0) is 18.7. The van der Waals surface area contributed by atoms with Gasteiger partial charge in [0.1, 0.15) is 11.6 Å². The third-order valence-corrected chi connectivity index (χ3v) is 4.16. The number of benzene rings is 2. The molecule has 8 heteroatoms. The molecule has 2 amide bonds. The molecule has 0 radical (unpaired) electrons. The fraction of sp³-hybridized carbons (Fsp3) is 0.0556. The molecule has 132 valence electrons. The lowest BCUT2D eigenvalue weighted by Gasteiger charge is -2.08. The van der Waals surface area contributed by atoms with Crippen LogP contribution in [0.4, 0.5) is 19.6 Å². The summed E-state index contributed by atoms with van der Waals surface area (Å²) in [6, 6.07) is 9.09. The molecule has 2 aromatic carbocycles. The zero-order valence-corrected chi connectivity index (χ0v) is 14.4. The Bertz CT molecular complexity index is 971. The normalized spacial score (nSPS) is 10.4. The second-order valence-electron chi connectivity index (χ2n) is 5.37. The predicted octanol–water partition coefficient (Wildman–Crippen LogP) is 4.30. The Labute approximate surface area is 151 Å². The topological polar surface area (TPSA) is 71.1 Å². The highest BCUT2D eigenvalue weighted by Crippen LogP contribution is 2.31. The lowest BCUT2D eigenvalue weighted by atomic mass is 10.1. The Kier molecular flexibility index (Phi) is 5.04. The first kappa shape index (κ1) is 17.7. The number of carbonyl (C=O) groups excluding carboxylic acids is 2. The van der Waals surface area contributed by atoms with Crippen LogP contribution in [-0.4, -0.2) is 16.8 Å². The molecule has 0 fully saturated rings. The monoisotopic (exact) mass is 373 g/mol. The minimum atomic E-state index is -0.488. The Hall–Kier alpha value is -3.13. The van der Waals surface area contributed by atoms with Gasteiger partial charge in [0.25, 0.3) is 5.91 Å². The molecule has 1 heterocycles. The quantitative estimate of drug-likeness (QED) is 0.716. The van der Waals surface area contributed by atoms with Crippen molar-refractivity contribution >= 4 is 34.0 Å². The van der Waals surface area contributed by atoms with Crippen molar-refractivity contribution in [2.75, 3.05) is 10.6 Å². The van der Waals surface area contributed by atoms with Crippen molar-refractivity contribution < 1.29 is 18.4 Å². The van der Waals surface area contributed by atoms with Gasteiger partial charge in [-0.3, -0.25) is 14.9 Å². The Morgan fingerprint density at radius 2 is 1.69 bits per heavy atom. The van der Waals surface area contributed by atoms with Gasteiger partial charge in [0.2, 0.25) is 5.91 Å². The number of nitrogens with one attached hydrogen (secondary N) is 2. The maximum atomic E-state index is 13.5. The first-order valence-corrected chi connectivity index (χ1v) is 8.40. The molecule has 0 unspecified atom stereocenters. The van der Waals surface area contributed by atoms with Gasteiger partial charge in [-0.1, -0.05) is 0 Å². The summed E-state index contributed by atoms with van der Waals surface area (Å²) in [5.74, 6) is -1.68. The Balaban J connectivity index is 1.83. The number of halogens is 2. The molecule has 0 aliphatic rings. The van der Waals surface area contributed by atoms with Crippen molar-refractivity contribution in [3.05, 3.63) is 65.0 Å². The standard InChI is InChI=1S/C18H13F2N3O2S/c1-10(24)21-15-8-13(20)6-7-14(15)16-9-26-18(22-16)23-17(25)11-2-4-12(19)5-3-11/h2-9H,1H3,(H,21,24)(H,22,23,25). The Morgan fingerprint density at radius 1 is 1.00 bits per heavy atom. The lowest BCUT2D eigenvalue weighted by Crippen LogP contribution is -2.11. The SMILES string of the molecule is CC(=O)Nc1cc(F)ccc1-c1csc(NC(=O)c2ccc(F)cc2)n1. The van der Waals surface area contributed by atoms with Crippen molar-refractivity contribution in [3.63, 3.8) is 0 Å². The second kappa shape index (κ2) is 7.40. The van der Waals surface area contributed by atoms with Gasteiger partial charge in [0, 0.05) is 23.4 Å². The number of nitrogens with zero attached hydrogens (tertiary/aromatic N) is 1. The summed E-state index contributed by atoms with van der Waals surface area (Å²) in [4.78, 5) is 27.8. The number of anilines is 2. The van der Waals surface area contributed by atoms with E-state index in [0.717, 1.165) is 0 Å². The molecule has 3 aromatic rings. The predicted molar refractivity (Wildman–Crippen MR) is 96.2 cm³/mol. The molecule has 2 N–H and O–H groups in total. The number of amides is 2. The van der Waals surface area contributed by atoms with E-state index < -0.39 is 17.5 Å². The number of hydrogen-bond donors (Lipinski definition) is 2. The van der Waals surface area contributed by atoms with Crippen molar-refractivity contribution in [2.24, 2.45) is 0 Å². The highest BCUT2D eigenvalue weighted by atomic mass is 32.1. The number of hydrogen-bond acceptors (Lipinski definition) is 4. The van der Waals surface area contributed by atoms with E-state index in [2.05, 4.69) is 15.6 Å². The summed E-state index contributed by atoms with van der Waals surface area (Å²) in [7, 11) is 0. The molecule has 3 rings (SSSR count). The van der Waals surface area contributed by atoms with Gasteiger partial charge in [-0.15, -0.1) is 11.3 Å². The van der Waals surface area contributed by atoms with Crippen molar-refractivity contribution in [1.82, 2.24) is 4.98 Å². The average Bonchev–Trinajstić information content (AvgIpc) is 3.03. The van der Waals surface area contributed by atoms with Crippen LogP contribution >= 0.6 is 11.3 Å². The number of aromatic nitrogens is 1. The van der Waals surface area contributed by atoms with Gasteiger partial charge in [-0.2, -0.15) is 0 Å². The smallest absolute Gasteiger partial charge is 0.257 e. The molecule has 26 heavy (non-hydrogen) atoms. The van der Waals surface area contributed by atoms with Crippen LogP contribution in [0.2, 0.25) is 0 Å².